The molecular formula is C20H19FN6. The number of hydrogen-bond acceptors (Lipinski definition) is 4. The van der Waals surface area contributed by atoms with E-state index in [4.69, 9.17) is 4.98 Å². The second-order valence-electron chi connectivity index (χ2n) is 7.03. The molecule has 0 bridgehead atoms. The lowest BCUT2D eigenvalue weighted by Gasteiger charge is -2.14. The van der Waals surface area contributed by atoms with Crippen LogP contribution < -0.4 is 5.32 Å². The van der Waals surface area contributed by atoms with Crippen molar-refractivity contribution in [3.05, 3.63) is 65.9 Å². The summed E-state index contributed by atoms with van der Waals surface area (Å²) in [6.07, 6.45) is 4.23. The first kappa shape index (κ1) is 16.0. The number of rotatable bonds is 5. The Kier molecular flexibility index (Phi) is 3.67. The molecule has 5 rings (SSSR count). The second kappa shape index (κ2) is 6.19. The van der Waals surface area contributed by atoms with Crippen molar-refractivity contribution in [3.63, 3.8) is 0 Å². The maximum absolute atomic E-state index is 13.2. The van der Waals surface area contributed by atoms with E-state index in [2.05, 4.69) is 20.5 Å². The molecular weight excluding hydrogens is 343 g/mol. The first-order chi connectivity index (χ1) is 13.2. The van der Waals surface area contributed by atoms with Crippen molar-refractivity contribution >= 4 is 22.8 Å². The molecule has 7 heteroatoms. The van der Waals surface area contributed by atoms with E-state index in [0.717, 1.165) is 22.5 Å². The highest BCUT2D eigenvalue weighted by Crippen LogP contribution is 2.39. The fourth-order valence-corrected chi connectivity index (χ4v) is 3.30. The summed E-state index contributed by atoms with van der Waals surface area (Å²) < 4.78 is 15.2. The first-order valence-corrected chi connectivity index (χ1v) is 9.09. The molecule has 4 aromatic rings. The maximum Gasteiger partial charge on any atom is 0.162 e. The average Bonchev–Trinajstić information content (AvgIpc) is 3.28. The van der Waals surface area contributed by atoms with E-state index in [0.29, 0.717) is 11.7 Å². The Hall–Kier alpha value is -3.22. The average molecular weight is 362 g/mol. The number of anilines is 2. The fourth-order valence-electron chi connectivity index (χ4n) is 3.30. The molecule has 3 heterocycles. The molecule has 0 radical (unpaired) electrons. The number of nitrogens with one attached hydrogen (secondary N) is 2. The monoisotopic (exact) mass is 362 g/mol. The van der Waals surface area contributed by atoms with E-state index in [1.165, 1.54) is 30.7 Å². The van der Waals surface area contributed by atoms with Gasteiger partial charge in [-0.1, -0.05) is 12.1 Å². The molecule has 1 saturated carbocycles. The number of aromatic amines is 1. The van der Waals surface area contributed by atoms with Gasteiger partial charge in [0.25, 0.3) is 0 Å². The predicted octanol–water partition coefficient (Wildman–Crippen LogP) is 4.52. The highest BCUT2D eigenvalue weighted by molar-refractivity contribution is 5.74. The molecule has 1 aromatic carbocycles. The van der Waals surface area contributed by atoms with Gasteiger partial charge in [0.2, 0.25) is 0 Å². The van der Waals surface area contributed by atoms with Crippen LogP contribution in [0.5, 0.6) is 0 Å². The second-order valence-corrected chi connectivity index (χ2v) is 7.03. The number of halogens is 1. The lowest BCUT2D eigenvalue weighted by Crippen LogP contribution is -2.07. The lowest BCUT2D eigenvalue weighted by atomic mass is 10.1. The van der Waals surface area contributed by atoms with Crippen LogP contribution in [-0.2, 0) is 0 Å². The Bertz CT molecular complexity index is 1090. The Morgan fingerprint density at radius 3 is 2.74 bits per heavy atom. The SMILES string of the molecule is C[C@@H](c1ccc(F)cc1)n1cnc2ccc(Nc3cc(C4CC4)[nH]n3)nc21. The van der Waals surface area contributed by atoms with E-state index in [9.17, 15) is 4.39 Å². The molecule has 0 saturated heterocycles. The van der Waals surface area contributed by atoms with Gasteiger partial charge in [-0.25, -0.2) is 14.4 Å². The van der Waals surface area contributed by atoms with E-state index < -0.39 is 0 Å². The summed E-state index contributed by atoms with van der Waals surface area (Å²) in [7, 11) is 0. The highest BCUT2D eigenvalue weighted by atomic mass is 19.1. The van der Waals surface area contributed by atoms with Crippen LogP contribution in [0.4, 0.5) is 16.0 Å². The molecule has 136 valence electrons. The summed E-state index contributed by atoms with van der Waals surface area (Å²) in [5, 5.41) is 10.7. The van der Waals surface area contributed by atoms with Crippen molar-refractivity contribution in [1.29, 1.82) is 0 Å². The van der Waals surface area contributed by atoms with E-state index in [1.807, 2.05) is 29.7 Å². The summed E-state index contributed by atoms with van der Waals surface area (Å²) in [5.74, 6) is 1.86. The minimum absolute atomic E-state index is 0.00907. The number of imidazole rings is 1. The molecule has 1 aliphatic carbocycles. The summed E-state index contributed by atoms with van der Waals surface area (Å²) >= 11 is 0. The zero-order valence-corrected chi connectivity index (χ0v) is 14.9. The molecule has 1 atom stereocenters. The number of nitrogens with zero attached hydrogens (tertiary/aromatic N) is 4. The molecule has 3 aromatic heterocycles. The summed E-state index contributed by atoms with van der Waals surface area (Å²) in [6.45, 7) is 2.05. The van der Waals surface area contributed by atoms with Gasteiger partial charge in [0.05, 0.1) is 12.4 Å². The minimum Gasteiger partial charge on any atom is -0.323 e. The topological polar surface area (TPSA) is 71.4 Å². The van der Waals surface area contributed by atoms with Gasteiger partial charge >= 0.3 is 0 Å². The maximum atomic E-state index is 13.2. The summed E-state index contributed by atoms with van der Waals surface area (Å²) in [6, 6.07) is 12.4. The van der Waals surface area contributed by atoms with Crippen molar-refractivity contribution < 1.29 is 4.39 Å². The van der Waals surface area contributed by atoms with Gasteiger partial charge < -0.3 is 9.88 Å². The summed E-state index contributed by atoms with van der Waals surface area (Å²) in [5.41, 5.74) is 3.76. The smallest absolute Gasteiger partial charge is 0.162 e. The standard InChI is InChI=1S/C20H19FN6/c1-12(13-4-6-15(21)7-5-13)27-11-22-16-8-9-18(24-20(16)27)23-19-10-17(25-26-19)14-2-3-14/h4-12,14H,2-3H2,1H3,(H2,23,24,25,26)/t12-/m0/s1. The van der Waals surface area contributed by atoms with Gasteiger partial charge in [-0.15, -0.1) is 0 Å². The zero-order chi connectivity index (χ0) is 18.4. The molecule has 0 aliphatic heterocycles. The molecule has 27 heavy (non-hydrogen) atoms. The van der Waals surface area contributed by atoms with Gasteiger partial charge in [-0.3, -0.25) is 5.10 Å². The first-order valence-electron chi connectivity index (χ1n) is 9.09. The van der Waals surface area contributed by atoms with Gasteiger partial charge in [-0.05, 0) is 49.6 Å². The van der Waals surface area contributed by atoms with Gasteiger partial charge in [0.1, 0.15) is 17.2 Å². The normalized spacial score (nSPS) is 15.2. The van der Waals surface area contributed by atoms with Gasteiger partial charge in [-0.2, -0.15) is 5.10 Å². The highest BCUT2D eigenvalue weighted by Gasteiger charge is 2.25. The fraction of sp³-hybridized carbons (Fsp3) is 0.250. The van der Waals surface area contributed by atoms with E-state index in [1.54, 1.807) is 18.5 Å². The number of aromatic nitrogens is 5. The van der Waals surface area contributed by atoms with Crippen LogP contribution in [0.2, 0.25) is 0 Å². The van der Waals surface area contributed by atoms with E-state index in [-0.39, 0.29) is 11.9 Å². The van der Waals surface area contributed by atoms with Crippen LogP contribution in [-0.4, -0.2) is 24.7 Å². The molecule has 0 unspecified atom stereocenters. The van der Waals surface area contributed by atoms with Crippen LogP contribution in [0, 0.1) is 5.82 Å². The predicted molar refractivity (Wildman–Crippen MR) is 102 cm³/mol. The lowest BCUT2D eigenvalue weighted by molar-refractivity contribution is 0.619. The number of pyridine rings is 1. The zero-order valence-electron chi connectivity index (χ0n) is 14.9. The molecule has 1 fully saturated rings. The third kappa shape index (κ3) is 3.05. The van der Waals surface area contributed by atoms with Crippen LogP contribution >= 0.6 is 0 Å². The van der Waals surface area contributed by atoms with Crippen molar-refractivity contribution in [3.8, 4) is 0 Å². The van der Waals surface area contributed by atoms with Crippen LogP contribution in [0.25, 0.3) is 11.2 Å². The van der Waals surface area contributed by atoms with Gasteiger partial charge in [0, 0.05) is 17.7 Å². The molecule has 0 spiro atoms. The van der Waals surface area contributed by atoms with Crippen molar-refractivity contribution in [2.45, 2.75) is 31.7 Å². The Balaban J connectivity index is 1.45. The number of benzene rings is 1. The van der Waals surface area contributed by atoms with Crippen molar-refractivity contribution in [2.75, 3.05) is 5.32 Å². The van der Waals surface area contributed by atoms with Crippen LogP contribution in [0.3, 0.4) is 0 Å². The van der Waals surface area contributed by atoms with E-state index >= 15 is 0 Å². The number of H-pyrrole nitrogens is 1. The van der Waals surface area contributed by atoms with Crippen molar-refractivity contribution in [2.24, 2.45) is 0 Å². The van der Waals surface area contributed by atoms with Crippen LogP contribution in [0.15, 0.2) is 48.8 Å². The number of fused-ring (bicyclic) bond motifs is 1. The number of hydrogen-bond donors (Lipinski definition) is 2. The third-order valence-electron chi connectivity index (χ3n) is 5.06. The van der Waals surface area contributed by atoms with Crippen LogP contribution in [0.1, 0.15) is 43.0 Å². The Labute approximate surface area is 155 Å². The third-order valence-corrected chi connectivity index (χ3v) is 5.06. The van der Waals surface area contributed by atoms with Crippen molar-refractivity contribution in [1.82, 2.24) is 24.7 Å². The molecule has 6 nitrogen and oxygen atoms in total. The van der Waals surface area contributed by atoms with Gasteiger partial charge in [0.15, 0.2) is 11.5 Å². The Morgan fingerprint density at radius 1 is 1.15 bits per heavy atom. The molecule has 0 amide bonds. The summed E-state index contributed by atoms with van der Waals surface area (Å²) in [4.78, 5) is 9.17. The Morgan fingerprint density at radius 2 is 1.96 bits per heavy atom. The largest absolute Gasteiger partial charge is 0.323 e. The minimum atomic E-state index is -0.240. The molecule has 1 aliphatic rings. The quantitative estimate of drug-likeness (QED) is 0.547. The molecule has 2 N–H and O–H groups in total.